The number of phenolic OH excluding ortho intramolecular Hbond substituents is 1. The summed E-state index contributed by atoms with van der Waals surface area (Å²) in [7, 11) is 0. The Labute approximate surface area is 99.0 Å². The van der Waals surface area contributed by atoms with E-state index >= 15 is 0 Å². The Morgan fingerprint density at radius 2 is 2.18 bits per heavy atom. The number of carbonyl (C=O) groups is 1. The fourth-order valence-corrected chi connectivity index (χ4v) is 2.61. The fourth-order valence-electron chi connectivity index (χ4n) is 2.61. The van der Waals surface area contributed by atoms with Crippen molar-refractivity contribution in [3.05, 3.63) is 29.0 Å². The second-order valence-corrected chi connectivity index (χ2v) is 4.98. The number of hydrogen-bond donors (Lipinski definition) is 1. The van der Waals surface area contributed by atoms with Gasteiger partial charge in [0.25, 0.3) is 0 Å². The molecule has 0 saturated heterocycles. The molecule has 1 heterocycles. The summed E-state index contributed by atoms with van der Waals surface area (Å²) in [4.78, 5) is 12.0. The van der Waals surface area contributed by atoms with Gasteiger partial charge in [-0.1, -0.05) is 6.92 Å². The SMILES string of the molecule is Cc1coc2c(O)c3c(cc12)C(=O)CC(C)C3. The number of Topliss-reactive ketones (excluding diaryl/α,β-unsaturated/α-hetero) is 1. The molecule has 0 bridgehead atoms. The minimum absolute atomic E-state index is 0.122. The molecule has 17 heavy (non-hydrogen) atoms. The van der Waals surface area contributed by atoms with Crippen LogP contribution in [0.25, 0.3) is 11.0 Å². The third-order valence-electron chi connectivity index (χ3n) is 3.52. The number of carbonyl (C=O) groups excluding carboxylic acids is 1. The molecule has 2 aromatic rings. The smallest absolute Gasteiger partial charge is 0.176 e. The van der Waals surface area contributed by atoms with Crippen molar-refractivity contribution in [3.63, 3.8) is 0 Å². The monoisotopic (exact) mass is 230 g/mol. The first-order chi connectivity index (χ1) is 8.08. The van der Waals surface area contributed by atoms with Crippen molar-refractivity contribution in [1.29, 1.82) is 0 Å². The molecule has 1 aromatic carbocycles. The van der Waals surface area contributed by atoms with E-state index in [4.69, 9.17) is 4.42 Å². The van der Waals surface area contributed by atoms with Crippen LogP contribution in [0.15, 0.2) is 16.7 Å². The van der Waals surface area contributed by atoms with E-state index in [-0.39, 0.29) is 17.5 Å². The number of phenols is 1. The molecule has 3 rings (SSSR count). The molecule has 0 spiro atoms. The van der Waals surface area contributed by atoms with Crippen LogP contribution in [0, 0.1) is 12.8 Å². The average molecular weight is 230 g/mol. The van der Waals surface area contributed by atoms with Crippen molar-refractivity contribution >= 4 is 16.8 Å². The highest BCUT2D eigenvalue weighted by Crippen LogP contribution is 2.39. The second kappa shape index (κ2) is 3.36. The van der Waals surface area contributed by atoms with Gasteiger partial charge in [0.15, 0.2) is 17.1 Å². The molecule has 0 aliphatic heterocycles. The molecule has 88 valence electrons. The lowest BCUT2D eigenvalue weighted by molar-refractivity contribution is 0.0952. The summed E-state index contributed by atoms with van der Waals surface area (Å²) in [5, 5.41) is 11.0. The number of furan rings is 1. The van der Waals surface area contributed by atoms with E-state index in [0.717, 1.165) is 22.9 Å². The highest BCUT2D eigenvalue weighted by molar-refractivity contribution is 6.04. The average Bonchev–Trinajstić information content (AvgIpc) is 2.63. The molecule has 0 radical (unpaired) electrons. The Morgan fingerprint density at radius 3 is 2.94 bits per heavy atom. The maximum absolute atomic E-state index is 12.0. The van der Waals surface area contributed by atoms with Gasteiger partial charge < -0.3 is 9.52 Å². The van der Waals surface area contributed by atoms with Crippen LogP contribution in [-0.4, -0.2) is 10.9 Å². The quantitative estimate of drug-likeness (QED) is 0.756. The van der Waals surface area contributed by atoms with Gasteiger partial charge >= 0.3 is 0 Å². The highest BCUT2D eigenvalue weighted by atomic mass is 16.3. The van der Waals surface area contributed by atoms with E-state index < -0.39 is 0 Å². The molecule has 3 nitrogen and oxygen atoms in total. The zero-order valence-electron chi connectivity index (χ0n) is 9.91. The number of ketones is 1. The number of rotatable bonds is 0. The number of fused-ring (bicyclic) bond motifs is 2. The minimum atomic E-state index is 0.122. The van der Waals surface area contributed by atoms with Crippen molar-refractivity contribution in [2.24, 2.45) is 5.92 Å². The van der Waals surface area contributed by atoms with Crippen LogP contribution in [0.2, 0.25) is 0 Å². The lowest BCUT2D eigenvalue weighted by atomic mass is 9.83. The Bertz CT molecular complexity index is 622. The number of hydrogen-bond acceptors (Lipinski definition) is 3. The van der Waals surface area contributed by atoms with E-state index in [9.17, 15) is 9.90 Å². The van der Waals surface area contributed by atoms with Crippen LogP contribution in [0.3, 0.4) is 0 Å². The molecule has 1 aliphatic carbocycles. The molecule has 1 aromatic heterocycles. The van der Waals surface area contributed by atoms with Gasteiger partial charge in [-0.3, -0.25) is 4.79 Å². The Kier molecular flexibility index (Phi) is 2.05. The normalized spacial score (nSPS) is 19.6. The Balaban J connectivity index is 2.36. The third-order valence-corrected chi connectivity index (χ3v) is 3.52. The van der Waals surface area contributed by atoms with Gasteiger partial charge in [-0.05, 0) is 30.9 Å². The van der Waals surface area contributed by atoms with Crippen molar-refractivity contribution in [1.82, 2.24) is 0 Å². The molecule has 1 aliphatic rings. The van der Waals surface area contributed by atoms with Crippen LogP contribution in [0.1, 0.15) is 34.8 Å². The third kappa shape index (κ3) is 1.38. The number of aromatic hydroxyl groups is 1. The van der Waals surface area contributed by atoms with Crippen molar-refractivity contribution in [2.45, 2.75) is 26.7 Å². The summed E-state index contributed by atoms with van der Waals surface area (Å²) in [6, 6.07) is 1.86. The topological polar surface area (TPSA) is 50.4 Å². The first-order valence-electron chi connectivity index (χ1n) is 5.83. The predicted octanol–water partition coefficient (Wildman–Crippen LogP) is 3.21. The summed E-state index contributed by atoms with van der Waals surface area (Å²) in [5.74, 6) is 0.552. The van der Waals surface area contributed by atoms with Crippen LogP contribution >= 0.6 is 0 Å². The molecule has 1 N–H and O–H groups in total. The minimum Gasteiger partial charge on any atom is -0.504 e. The van der Waals surface area contributed by atoms with Crippen molar-refractivity contribution in [2.75, 3.05) is 0 Å². The second-order valence-electron chi connectivity index (χ2n) is 4.98. The fraction of sp³-hybridized carbons (Fsp3) is 0.357. The van der Waals surface area contributed by atoms with E-state index in [1.54, 1.807) is 6.26 Å². The van der Waals surface area contributed by atoms with Gasteiger partial charge in [0.2, 0.25) is 0 Å². The molecular weight excluding hydrogens is 216 g/mol. The molecule has 0 amide bonds. The first kappa shape index (κ1) is 10.4. The standard InChI is InChI=1S/C14H14O3/c1-7-3-11-10(12(15)4-7)5-9-8(2)6-17-14(9)13(11)16/h5-7,16H,3-4H2,1-2H3. The van der Waals surface area contributed by atoms with Crippen molar-refractivity contribution < 1.29 is 14.3 Å². The summed E-state index contributed by atoms with van der Waals surface area (Å²) < 4.78 is 5.35. The van der Waals surface area contributed by atoms with Gasteiger partial charge in [0.05, 0.1) is 6.26 Å². The summed E-state index contributed by atoms with van der Waals surface area (Å²) in [6.45, 7) is 3.94. The van der Waals surface area contributed by atoms with Crippen LogP contribution in [0.5, 0.6) is 5.75 Å². The van der Waals surface area contributed by atoms with Crippen LogP contribution in [-0.2, 0) is 6.42 Å². The lowest BCUT2D eigenvalue weighted by Crippen LogP contribution is -2.18. The zero-order valence-corrected chi connectivity index (χ0v) is 9.91. The Morgan fingerprint density at radius 1 is 1.41 bits per heavy atom. The lowest BCUT2D eigenvalue weighted by Gasteiger charge is -2.21. The molecule has 3 heteroatoms. The van der Waals surface area contributed by atoms with Gasteiger partial charge in [-0.2, -0.15) is 0 Å². The predicted molar refractivity (Wildman–Crippen MR) is 64.4 cm³/mol. The van der Waals surface area contributed by atoms with E-state index in [1.807, 2.05) is 19.9 Å². The van der Waals surface area contributed by atoms with Gasteiger partial charge in [-0.15, -0.1) is 0 Å². The molecule has 1 unspecified atom stereocenters. The Hall–Kier alpha value is -1.77. The molecule has 1 atom stereocenters. The van der Waals surface area contributed by atoms with E-state index in [1.165, 1.54) is 0 Å². The van der Waals surface area contributed by atoms with Crippen molar-refractivity contribution in [3.8, 4) is 5.75 Å². The molecular formula is C14H14O3. The largest absolute Gasteiger partial charge is 0.504 e. The maximum Gasteiger partial charge on any atom is 0.176 e. The van der Waals surface area contributed by atoms with Gasteiger partial charge in [0, 0.05) is 22.9 Å². The van der Waals surface area contributed by atoms with Crippen LogP contribution in [0.4, 0.5) is 0 Å². The maximum atomic E-state index is 12.0. The molecule has 0 saturated carbocycles. The van der Waals surface area contributed by atoms with Gasteiger partial charge in [0.1, 0.15) is 0 Å². The van der Waals surface area contributed by atoms with E-state index in [0.29, 0.717) is 17.6 Å². The van der Waals surface area contributed by atoms with E-state index in [2.05, 4.69) is 0 Å². The molecule has 0 fully saturated rings. The van der Waals surface area contributed by atoms with Crippen LogP contribution < -0.4 is 0 Å². The summed E-state index contributed by atoms with van der Waals surface area (Å²) >= 11 is 0. The first-order valence-corrected chi connectivity index (χ1v) is 5.83. The zero-order chi connectivity index (χ0) is 12.2. The highest BCUT2D eigenvalue weighted by Gasteiger charge is 2.27. The summed E-state index contributed by atoms with van der Waals surface area (Å²) in [5.41, 5.74) is 2.86. The number of benzene rings is 1. The summed E-state index contributed by atoms with van der Waals surface area (Å²) in [6.07, 6.45) is 2.92. The van der Waals surface area contributed by atoms with Gasteiger partial charge in [-0.25, -0.2) is 0 Å². The number of aryl methyl sites for hydroxylation is 1.